The van der Waals surface area contributed by atoms with Gasteiger partial charge in [-0.2, -0.15) is 0 Å². The second-order valence-electron chi connectivity index (χ2n) is 13.9. The molecular weight excluding hydrogens is 608 g/mol. The number of hydrogen-bond acceptors (Lipinski definition) is 8. The fraction of sp³-hybridized carbons (Fsp3) is 0.400. The molecule has 0 bridgehead atoms. The van der Waals surface area contributed by atoms with Gasteiger partial charge >= 0.3 is 0 Å². The van der Waals surface area contributed by atoms with E-state index in [-0.39, 0.29) is 82.6 Å². The SMILES string of the molecule is Cc1c(O)cc(C(C)C)c(O)c1CC1=CC(=O)C(C(C)C)=CC1=O.Cc1c(O)cc(C(C)C)c(O)c1Cc1cc(O)c(C(C)C)cc1O. The van der Waals surface area contributed by atoms with Crippen molar-refractivity contribution in [3.8, 4) is 34.5 Å². The molecule has 1 aliphatic rings. The predicted molar refractivity (Wildman–Crippen MR) is 189 cm³/mol. The van der Waals surface area contributed by atoms with Crippen LogP contribution in [0.2, 0.25) is 0 Å². The van der Waals surface area contributed by atoms with Gasteiger partial charge in [0.25, 0.3) is 0 Å². The molecule has 6 N–H and O–H groups in total. The van der Waals surface area contributed by atoms with Crippen LogP contribution in [-0.4, -0.2) is 42.2 Å². The molecule has 0 unspecified atom stereocenters. The Hall–Kier alpha value is -4.72. The summed E-state index contributed by atoms with van der Waals surface area (Å²) in [4.78, 5) is 24.5. The molecule has 0 aliphatic heterocycles. The van der Waals surface area contributed by atoms with Crippen LogP contribution >= 0.6 is 0 Å². The number of ketones is 2. The van der Waals surface area contributed by atoms with Crippen LogP contribution in [-0.2, 0) is 22.4 Å². The number of hydrogen-bond donors (Lipinski definition) is 6. The Morgan fingerprint density at radius 3 is 1.38 bits per heavy atom. The smallest absolute Gasteiger partial charge is 0.182 e. The number of carbonyl (C=O) groups is 2. The molecule has 8 heteroatoms. The molecule has 4 rings (SSSR count). The van der Waals surface area contributed by atoms with Gasteiger partial charge in [0.05, 0.1) is 0 Å². The van der Waals surface area contributed by atoms with Crippen molar-refractivity contribution >= 4 is 11.6 Å². The van der Waals surface area contributed by atoms with Crippen molar-refractivity contribution in [2.45, 2.75) is 99.8 Å². The highest BCUT2D eigenvalue weighted by atomic mass is 16.3. The Morgan fingerprint density at radius 2 is 0.938 bits per heavy atom. The van der Waals surface area contributed by atoms with E-state index in [0.29, 0.717) is 55.7 Å². The molecule has 3 aromatic carbocycles. The summed E-state index contributed by atoms with van der Waals surface area (Å²) in [6.45, 7) is 18.8. The van der Waals surface area contributed by atoms with Crippen molar-refractivity contribution < 1.29 is 40.2 Å². The monoisotopic (exact) mass is 658 g/mol. The van der Waals surface area contributed by atoms with Crippen molar-refractivity contribution in [2.75, 3.05) is 0 Å². The maximum atomic E-state index is 12.3. The van der Waals surface area contributed by atoms with Crippen molar-refractivity contribution in [2.24, 2.45) is 5.92 Å². The standard InChI is InChI=1S/C20H26O4.C20H24O4/c2*1-10(2)14-8-18(22)13(7-19(14)23)6-16-12(5)17(21)9-15(11(3)4)20(16)24/h7-11,21-24H,6H2,1-5H3;7-11,21,24H,6H2,1-5H3. The van der Waals surface area contributed by atoms with E-state index in [0.717, 1.165) is 0 Å². The first-order valence-corrected chi connectivity index (χ1v) is 16.4. The highest BCUT2D eigenvalue weighted by Crippen LogP contribution is 2.41. The molecule has 0 saturated heterocycles. The van der Waals surface area contributed by atoms with Gasteiger partial charge in [0.1, 0.15) is 34.5 Å². The minimum absolute atomic E-state index is 0.0114. The Labute approximate surface area is 283 Å². The van der Waals surface area contributed by atoms with E-state index in [2.05, 4.69) is 0 Å². The molecule has 48 heavy (non-hydrogen) atoms. The second kappa shape index (κ2) is 15.0. The minimum atomic E-state index is -0.216. The lowest BCUT2D eigenvalue weighted by Crippen LogP contribution is -2.18. The van der Waals surface area contributed by atoms with E-state index in [1.54, 1.807) is 32.0 Å². The highest BCUT2D eigenvalue weighted by Gasteiger charge is 2.25. The molecular formula is C40H50O8. The van der Waals surface area contributed by atoms with Gasteiger partial charge in [0, 0.05) is 57.4 Å². The third-order valence-electron chi connectivity index (χ3n) is 9.02. The largest absolute Gasteiger partial charge is 0.508 e. The van der Waals surface area contributed by atoms with Crippen LogP contribution in [0.3, 0.4) is 0 Å². The van der Waals surface area contributed by atoms with Gasteiger partial charge in [-0.15, -0.1) is 0 Å². The molecule has 0 aromatic heterocycles. The van der Waals surface area contributed by atoms with E-state index in [1.807, 2.05) is 55.4 Å². The molecule has 258 valence electrons. The summed E-state index contributed by atoms with van der Waals surface area (Å²) in [6, 6.07) is 6.23. The number of aromatic hydroxyl groups is 6. The van der Waals surface area contributed by atoms with Crippen LogP contribution in [0.1, 0.15) is 118 Å². The lowest BCUT2D eigenvalue weighted by atomic mass is 9.85. The van der Waals surface area contributed by atoms with Gasteiger partial charge in [0.2, 0.25) is 0 Å². The molecule has 1 aliphatic carbocycles. The minimum Gasteiger partial charge on any atom is -0.508 e. The number of rotatable bonds is 8. The Morgan fingerprint density at radius 1 is 0.500 bits per heavy atom. The van der Waals surface area contributed by atoms with Gasteiger partial charge in [-0.05, 0) is 85.1 Å². The molecule has 0 atom stereocenters. The predicted octanol–water partition coefficient (Wildman–Crippen LogP) is 8.39. The van der Waals surface area contributed by atoms with E-state index in [9.17, 15) is 40.2 Å². The average Bonchev–Trinajstić information content (AvgIpc) is 2.99. The Balaban J connectivity index is 0.000000260. The van der Waals surface area contributed by atoms with E-state index >= 15 is 0 Å². The number of carbonyl (C=O) groups excluding carboxylic acids is 2. The zero-order valence-electron chi connectivity index (χ0n) is 29.7. The fourth-order valence-corrected chi connectivity index (χ4v) is 5.80. The van der Waals surface area contributed by atoms with Crippen LogP contribution in [0.15, 0.2) is 47.6 Å². The quantitative estimate of drug-likeness (QED) is 0.104. The maximum Gasteiger partial charge on any atom is 0.182 e. The summed E-state index contributed by atoms with van der Waals surface area (Å²) in [5, 5.41) is 61.9. The first-order valence-electron chi connectivity index (χ1n) is 16.4. The summed E-state index contributed by atoms with van der Waals surface area (Å²) in [5.74, 6) is 0.398. The number of phenols is 6. The van der Waals surface area contributed by atoms with Crippen molar-refractivity contribution in [1.82, 2.24) is 0 Å². The van der Waals surface area contributed by atoms with Crippen LogP contribution in [0.4, 0.5) is 0 Å². The Bertz CT molecular complexity index is 1790. The van der Waals surface area contributed by atoms with Crippen LogP contribution in [0.5, 0.6) is 34.5 Å². The molecule has 3 aromatic rings. The van der Waals surface area contributed by atoms with Gasteiger partial charge in [-0.25, -0.2) is 0 Å². The molecule has 0 amide bonds. The van der Waals surface area contributed by atoms with Crippen molar-refractivity contribution in [3.05, 3.63) is 92.1 Å². The highest BCUT2D eigenvalue weighted by molar-refractivity contribution is 6.20. The third-order valence-corrected chi connectivity index (χ3v) is 9.02. The summed E-state index contributed by atoms with van der Waals surface area (Å²) in [7, 11) is 0. The van der Waals surface area contributed by atoms with E-state index in [1.165, 1.54) is 18.2 Å². The maximum absolute atomic E-state index is 12.3. The lowest BCUT2D eigenvalue weighted by molar-refractivity contribution is -0.115. The third kappa shape index (κ3) is 8.04. The molecule has 0 radical (unpaired) electrons. The normalized spacial score (nSPS) is 13.3. The summed E-state index contributed by atoms with van der Waals surface area (Å²) < 4.78 is 0. The summed E-state index contributed by atoms with van der Waals surface area (Å²) >= 11 is 0. The molecule has 0 spiro atoms. The van der Waals surface area contributed by atoms with Gasteiger partial charge in [-0.1, -0.05) is 55.4 Å². The second-order valence-corrected chi connectivity index (χ2v) is 13.9. The molecule has 0 fully saturated rings. The van der Waals surface area contributed by atoms with Gasteiger partial charge in [-0.3, -0.25) is 9.59 Å². The van der Waals surface area contributed by atoms with Crippen LogP contribution < -0.4 is 0 Å². The van der Waals surface area contributed by atoms with Crippen LogP contribution in [0.25, 0.3) is 0 Å². The number of benzene rings is 3. The van der Waals surface area contributed by atoms with Crippen LogP contribution in [0, 0.1) is 19.8 Å². The first-order chi connectivity index (χ1) is 22.3. The zero-order chi connectivity index (χ0) is 36.4. The van der Waals surface area contributed by atoms with Crippen molar-refractivity contribution in [3.63, 3.8) is 0 Å². The zero-order valence-corrected chi connectivity index (χ0v) is 29.7. The molecule has 0 saturated carbocycles. The lowest BCUT2D eigenvalue weighted by Gasteiger charge is -2.19. The summed E-state index contributed by atoms with van der Waals surface area (Å²) in [5.41, 5.74) is 5.47. The molecule has 8 nitrogen and oxygen atoms in total. The van der Waals surface area contributed by atoms with Crippen molar-refractivity contribution in [1.29, 1.82) is 0 Å². The summed E-state index contributed by atoms with van der Waals surface area (Å²) in [6.07, 6.45) is 3.10. The number of allylic oxidation sites excluding steroid dienone is 4. The molecule has 0 heterocycles. The fourth-order valence-electron chi connectivity index (χ4n) is 5.80. The van der Waals surface area contributed by atoms with E-state index in [4.69, 9.17) is 0 Å². The first kappa shape index (κ1) is 37.7. The van der Waals surface area contributed by atoms with E-state index < -0.39 is 0 Å². The van der Waals surface area contributed by atoms with Gasteiger partial charge < -0.3 is 30.6 Å². The van der Waals surface area contributed by atoms with Gasteiger partial charge in [0.15, 0.2) is 11.6 Å². The topological polar surface area (TPSA) is 156 Å². The Kier molecular flexibility index (Phi) is 11.8. The average molecular weight is 659 g/mol. The number of phenolic OH excluding ortho intramolecular Hbond substituents is 6.